The van der Waals surface area contributed by atoms with Crippen LogP contribution in [0.15, 0.2) is 53.4 Å². The van der Waals surface area contributed by atoms with E-state index in [1.165, 1.54) is 31.4 Å². The number of hydrogen-bond donors (Lipinski definition) is 1. The van der Waals surface area contributed by atoms with E-state index in [0.29, 0.717) is 11.3 Å². The predicted octanol–water partition coefficient (Wildman–Crippen LogP) is 3.21. The summed E-state index contributed by atoms with van der Waals surface area (Å²) in [6.45, 7) is 0. The van der Waals surface area contributed by atoms with E-state index in [9.17, 15) is 13.2 Å². The topological polar surface area (TPSA) is 72.5 Å². The number of alkyl halides is 1. The second-order valence-corrected chi connectivity index (χ2v) is 7.23. The van der Waals surface area contributed by atoms with Gasteiger partial charge in [-0.15, -0.1) is 0 Å². The highest BCUT2D eigenvalue weighted by Crippen LogP contribution is 2.18. The van der Waals surface area contributed by atoms with Gasteiger partial charge in [-0.2, -0.15) is 0 Å². The van der Waals surface area contributed by atoms with Crippen molar-refractivity contribution in [2.45, 2.75) is 11.3 Å². The van der Waals surface area contributed by atoms with Gasteiger partial charge in [0.15, 0.2) is 0 Å². The van der Waals surface area contributed by atoms with Crippen molar-refractivity contribution in [2.75, 3.05) is 17.2 Å². The lowest BCUT2D eigenvalue weighted by Gasteiger charge is -2.09. The molecule has 0 aliphatic heterocycles. The Bertz CT molecular complexity index is 771. The Morgan fingerprint density at radius 3 is 2.22 bits per heavy atom. The number of benzene rings is 2. The van der Waals surface area contributed by atoms with E-state index < -0.39 is 16.0 Å². The molecule has 7 heteroatoms. The van der Waals surface area contributed by atoms with Crippen molar-refractivity contribution < 1.29 is 17.9 Å². The summed E-state index contributed by atoms with van der Waals surface area (Å²) in [5.41, 5.74) is 1.79. The summed E-state index contributed by atoms with van der Waals surface area (Å²) in [5, 5.41) is 0.823. The number of anilines is 1. The molecule has 0 saturated carbocycles. The molecule has 1 N–H and O–H groups in total. The van der Waals surface area contributed by atoms with Crippen molar-refractivity contribution in [3.8, 4) is 0 Å². The molecule has 0 atom stereocenters. The van der Waals surface area contributed by atoms with Crippen LogP contribution < -0.4 is 4.72 Å². The number of esters is 1. The zero-order valence-corrected chi connectivity index (χ0v) is 14.9. The molecule has 0 aliphatic rings. The maximum Gasteiger partial charge on any atom is 0.337 e. The molecule has 0 spiro atoms. The molecular weight excluding hydrogens is 382 g/mol. The molecule has 0 radical (unpaired) electrons. The van der Waals surface area contributed by atoms with Crippen LogP contribution >= 0.6 is 15.9 Å². The van der Waals surface area contributed by atoms with E-state index in [1.54, 1.807) is 24.3 Å². The maximum atomic E-state index is 12.3. The average molecular weight is 398 g/mol. The number of halogens is 1. The van der Waals surface area contributed by atoms with Crippen molar-refractivity contribution in [2.24, 2.45) is 0 Å². The Labute approximate surface area is 143 Å². The van der Waals surface area contributed by atoms with Gasteiger partial charge < -0.3 is 4.74 Å². The zero-order valence-electron chi connectivity index (χ0n) is 12.5. The molecule has 23 heavy (non-hydrogen) atoms. The number of carbonyl (C=O) groups is 1. The number of methoxy groups -OCH3 is 1. The molecule has 0 unspecified atom stereocenters. The molecule has 0 fully saturated rings. The van der Waals surface area contributed by atoms with E-state index >= 15 is 0 Å². The van der Waals surface area contributed by atoms with Crippen molar-refractivity contribution in [3.63, 3.8) is 0 Å². The second-order valence-electron chi connectivity index (χ2n) is 4.76. The largest absolute Gasteiger partial charge is 0.465 e. The lowest BCUT2D eigenvalue weighted by molar-refractivity contribution is 0.0601. The normalized spacial score (nSPS) is 11.0. The quantitative estimate of drug-likeness (QED) is 0.599. The minimum absolute atomic E-state index is 0.188. The SMILES string of the molecule is COC(=O)c1ccc(NS(=O)(=O)c2ccc(CCBr)cc2)cc1. The molecule has 0 amide bonds. The number of sulfonamides is 1. The fourth-order valence-corrected chi connectivity index (χ4v) is 3.47. The number of nitrogens with one attached hydrogen (secondary N) is 1. The van der Waals surface area contributed by atoms with Crippen molar-refractivity contribution in [3.05, 3.63) is 59.7 Å². The fourth-order valence-electron chi connectivity index (χ4n) is 1.95. The van der Waals surface area contributed by atoms with Gasteiger partial charge in [0.05, 0.1) is 17.6 Å². The van der Waals surface area contributed by atoms with E-state index in [2.05, 4.69) is 25.4 Å². The Morgan fingerprint density at radius 1 is 1.09 bits per heavy atom. The highest BCUT2D eigenvalue weighted by Gasteiger charge is 2.14. The van der Waals surface area contributed by atoms with Crippen LogP contribution in [0.5, 0.6) is 0 Å². The Morgan fingerprint density at radius 2 is 1.70 bits per heavy atom. The summed E-state index contributed by atoms with van der Waals surface area (Å²) in [6.07, 6.45) is 0.836. The van der Waals surface area contributed by atoms with Crippen molar-refractivity contribution in [1.82, 2.24) is 0 Å². The lowest BCUT2D eigenvalue weighted by atomic mass is 10.2. The summed E-state index contributed by atoms with van der Waals surface area (Å²) in [4.78, 5) is 11.5. The second kappa shape index (κ2) is 7.61. The van der Waals surface area contributed by atoms with Gasteiger partial charge >= 0.3 is 5.97 Å². The number of rotatable bonds is 6. The van der Waals surface area contributed by atoms with Gasteiger partial charge in [-0.3, -0.25) is 4.72 Å². The third kappa shape index (κ3) is 4.56. The first-order valence-corrected chi connectivity index (χ1v) is 9.43. The Hall–Kier alpha value is -1.86. The zero-order chi connectivity index (χ0) is 16.9. The van der Waals surface area contributed by atoms with Crippen LogP contribution in [-0.2, 0) is 21.2 Å². The van der Waals surface area contributed by atoms with Crippen LogP contribution in [0.1, 0.15) is 15.9 Å². The Balaban J connectivity index is 2.15. The van der Waals surface area contributed by atoms with Gasteiger partial charge in [0.25, 0.3) is 10.0 Å². The standard InChI is InChI=1S/C16H16BrNO4S/c1-22-16(19)13-4-6-14(7-5-13)18-23(20,21)15-8-2-12(3-9-15)10-11-17/h2-9,18H,10-11H2,1H3. The summed E-state index contributed by atoms with van der Waals surface area (Å²) < 4.78 is 31.7. The van der Waals surface area contributed by atoms with Crippen LogP contribution in [-0.4, -0.2) is 26.8 Å². The molecule has 2 aromatic carbocycles. The molecule has 0 bridgehead atoms. The summed E-state index contributed by atoms with van der Waals surface area (Å²) in [5.74, 6) is -0.471. The fraction of sp³-hybridized carbons (Fsp3) is 0.188. The van der Waals surface area contributed by atoms with E-state index in [4.69, 9.17) is 0 Å². The van der Waals surface area contributed by atoms with Gasteiger partial charge in [0.2, 0.25) is 0 Å². The molecule has 0 saturated heterocycles. The molecular formula is C16H16BrNO4S. The first-order chi connectivity index (χ1) is 11.0. The molecule has 2 aromatic rings. The summed E-state index contributed by atoms with van der Waals surface area (Å²) >= 11 is 3.35. The lowest BCUT2D eigenvalue weighted by Crippen LogP contribution is -2.13. The Kier molecular flexibility index (Phi) is 5.79. The maximum absolute atomic E-state index is 12.3. The third-order valence-corrected chi connectivity index (χ3v) is 4.97. The molecule has 0 heterocycles. The smallest absolute Gasteiger partial charge is 0.337 e. The van der Waals surface area contributed by atoms with Crippen molar-refractivity contribution >= 4 is 37.6 Å². The minimum atomic E-state index is -3.66. The number of aryl methyl sites for hydroxylation is 1. The van der Waals surface area contributed by atoms with Gasteiger partial charge in [-0.05, 0) is 48.4 Å². The molecule has 0 aromatic heterocycles. The van der Waals surface area contributed by atoms with Gasteiger partial charge in [-0.1, -0.05) is 28.1 Å². The summed E-state index contributed by atoms with van der Waals surface area (Å²) in [7, 11) is -2.37. The predicted molar refractivity (Wildman–Crippen MR) is 92.5 cm³/mol. The van der Waals surface area contributed by atoms with Crippen molar-refractivity contribution in [1.29, 1.82) is 0 Å². The highest BCUT2D eigenvalue weighted by atomic mass is 79.9. The first-order valence-electron chi connectivity index (χ1n) is 6.82. The van der Waals surface area contributed by atoms with E-state index in [1.807, 2.05) is 0 Å². The van der Waals surface area contributed by atoms with Crippen LogP contribution in [0, 0.1) is 0 Å². The number of carbonyl (C=O) groups excluding carboxylic acids is 1. The number of hydrogen-bond acceptors (Lipinski definition) is 4. The molecule has 0 aliphatic carbocycles. The first kappa shape index (κ1) is 17.5. The van der Waals surface area contributed by atoms with Crippen LogP contribution in [0.2, 0.25) is 0 Å². The average Bonchev–Trinajstić information content (AvgIpc) is 2.55. The van der Waals surface area contributed by atoms with Crippen LogP contribution in [0.25, 0.3) is 0 Å². The van der Waals surface area contributed by atoms with E-state index in [0.717, 1.165) is 17.3 Å². The van der Waals surface area contributed by atoms with Gasteiger partial charge in [0, 0.05) is 11.0 Å². The van der Waals surface area contributed by atoms with Gasteiger partial charge in [0.1, 0.15) is 0 Å². The third-order valence-electron chi connectivity index (χ3n) is 3.18. The molecule has 2 rings (SSSR count). The van der Waals surface area contributed by atoms with E-state index in [-0.39, 0.29) is 4.90 Å². The highest BCUT2D eigenvalue weighted by molar-refractivity contribution is 9.09. The summed E-state index contributed by atoms with van der Waals surface area (Å²) in [6, 6.07) is 12.8. The monoisotopic (exact) mass is 397 g/mol. The molecule has 122 valence electrons. The molecule has 5 nitrogen and oxygen atoms in total. The van der Waals surface area contributed by atoms with Crippen LogP contribution in [0.3, 0.4) is 0 Å². The van der Waals surface area contributed by atoms with Gasteiger partial charge in [-0.25, -0.2) is 13.2 Å². The minimum Gasteiger partial charge on any atom is -0.465 e. The number of ether oxygens (including phenoxy) is 1. The van der Waals surface area contributed by atoms with Crippen LogP contribution in [0.4, 0.5) is 5.69 Å².